The fraction of sp³-hybridized carbons (Fsp3) is 0.419. The molecule has 6 atom stereocenters. The first-order valence-corrected chi connectivity index (χ1v) is 28.7. The normalized spacial score (nSPS) is 17.8. The maximum atomic E-state index is 15.1. The highest BCUT2D eigenvalue weighted by atomic mass is 35.5. The Labute approximate surface area is 508 Å². The van der Waals surface area contributed by atoms with Gasteiger partial charge in [-0.3, -0.25) is 9.59 Å². The van der Waals surface area contributed by atoms with Crippen molar-refractivity contribution in [2.75, 3.05) is 19.0 Å². The highest BCUT2D eigenvalue weighted by Crippen LogP contribution is 2.38. The summed E-state index contributed by atoms with van der Waals surface area (Å²) in [6.07, 6.45) is 4.77. The van der Waals surface area contributed by atoms with Crippen molar-refractivity contribution >= 4 is 41.4 Å². The number of carbonyl (C=O) groups excluding carboxylic acids is 4. The first-order chi connectivity index (χ1) is 41.4. The van der Waals surface area contributed by atoms with Crippen LogP contribution in [0.3, 0.4) is 0 Å². The van der Waals surface area contributed by atoms with Crippen LogP contribution in [0.15, 0.2) is 110 Å². The SMILES string of the molecule is CC(C)N(C(=O)c1c(Oc2cncnc2Cl)ccc(F)c1F)C(C)C.CC(C)N(C(=O)c1c(Oc2cncnc2N(C)[C@H]2C[C@@H](NC(=O)OCc3ccccc3)C[C@H]2O)ccc(F)c1F)C(C)C.CN[C@H]1C[C@@H](NC(=O)OCc2ccccc2)C[C@H]1O. The van der Waals surface area contributed by atoms with Gasteiger partial charge in [0.25, 0.3) is 11.8 Å². The number of anilines is 1. The van der Waals surface area contributed by atoms with Crippen molar-refractivity contribution in [3.63, 3.8) is 0 Å². The van der Waals surface area contributed by atoms with Gasteiger partial charge >= 0.3 is 12.2 Å². The van der Waals surface area contributed by atoms with Gasteiger partial charge in [0.1, 0.15) is 48.5 Å². The molecule has 0 saturated heterocycles. The first-order valence-electron chi connectivity index (χ1n) is 28.3. The fourth-order valence-electron chi connectivity index (χ4n) is 10.3. The molecule has 20 nitrogen and oxygen atoms in total. The van der Waals surface area contributed by atoms with Crippen molar-refractivity contribution in [1.29, 1.82) is 0 Å². The number of hydrogen-bond donors (Lipinski definition) is 5. The number of nitrogens with one attached hydrogen (secondary N) is 3. The number of carbonyl (C=O) groups is 4. The minimum Gasteiger partial charge on any atom is -0.452 e. The third-order valence-electron chi connectivity index (χ3n) is 14.3. The molecule has 2 fully saturated rings. The van der Waals surface area contributed by atoms with E-state index >= 15 is 4.39 Å². The number of rotatable bonds is 19. The number of aromatic nitrogens is 4. The van der Waals surface area contributed by atoms with E-state index in [1.807, 2.05) is 67.7 Å². The summed E-state index contributed by atoms with van der Waals surface area (Å²) in [6.45, 7) is 14.7. The Morgan fingerprint density at radius 3 is 1.45 bits per heavy atom. The van der Waals surface area contributed by atoms with Gasteiger partial charge in [0.05, 0.1) is 30.6 Å². The molecule has 2 saturated carbocycles. The summed E-state index contributed by atoms with van der Waals surface area (Å²) < 4.78 is 79.6. The third kappa shape index (κ3) is 18.4. The van der Waals surface area contributed by atoms with Crippen molar-refractivity contribution < 1.29 is 65.9 Å². The van der Waals surface area contributed by atoms with Gasteiger partial charge in [-0.1, -0.05) is 72.3 Å². The van der Waals surface area contributed by atoms with E-state index in [1.54, 1.807) is 67.3 Å². The lowest BCUT2D eigenvalue weighted by molar-refractivity contribution is 0.0625. The van der Waals surface area contributed by atoms with E-state index in [0.29, 0.717) is 12.8 Å². The molecule has 0 bridgehead atoms. The molecule has 4 aromatic carbocycles. The van der Waals surface area contributed by atoms with Gasteiger partial charge < -0.3 is 59.8 Å². The van der Waals surface area contributed by atoms with Gasteiger partial charge in [-0.05, 0) is 124 Å². The van der Waals surface area contributed by atoms with Gasteiger partial charge in [-0.25, -0.2) is 47.1 Å². The number of aliphatic hydroxyl groups excluding tert-OH is 2. The predicted molar refractivity (Wildman–Crippen MR) is 317 cm³/mol. The zero-order valence-corrected chi connectivity index (χ0v) is 50.8. The van der Waals surface area contributed by atoms with Crippen LogP contribution in [0.4, 0.5) is 33.0 Å². The van der Waals surface area contributed by atoms with Crippen LogP contribution in [0.25, 0.3) is 0 Å². The largest absolute Gasteiger partial charge is 0.452 e. The van der Waals surface area contributed by atoms with E-state index in [0.717, 1.165) is 29.7 Å². The van der Waals surface area contributed by atoms with Crippen LogP contribution in [0, 0.1) is 23.3 Å². The van der Waals surface area contributed by atoms with Gasteiger partial charge in [0.15, 0.2) is 45.7 Å². The van der Waals surface area contributed by atoms with Crippen LogP contribution in [-0.4, -0.2) is 139 Å². The molecule has 0 spiro atoms. The van der Waals surface area contributed by atoms with E-state index < -0.39 is 76.6 Å². The number of nitrogens with zero attached hydrogens (tertiary/aromatic N) is 7. The first kappa shape index (κ1) is 67.9. The van der Waals surface area contributed by atoms with Crippen LogP contribution in [0.1, 0.15) is 113 Å². The highest BCUT2D eigenvalue weighted by molar-refractivity contribution is 6.30. The number of amides is 4. The van der Waals surface area contributed by atoms with Crippen LogP contribution in [-0.2, 0) is 22.7 Å². The molecule has 8 rings (SSSR count). The Morgan fingerprint density at radius 2 is 1.01 bits per heavy atom. The number of hydrogen-bond acceptors (Lipinski definition) is 16. The number of alkyl carbamates (subject to hydrolysis) is 2. The average Bonchev–Trinajstić information content (AvgIpc) is 1.41. The average molecular weight is 1230 g/mol. The quantitative estimate of drug-likeness (QED) is 0.0374. The molecule has 0 radical (unpaired) electrons. The third-order valence-corrected chi connectivity index (χ3v) is 14.5. The summed E-state index contributed by atoms with van der Waals surface area (Å²) in [6, 6.07) is 21.1. The minimum absolute atomic E-state index is 0.0114. The standard InChI is InChI=1S/C31H37F2N5O5.C17H18ClF2N3O2.C14H20N2O3/c1-18(2)38(19(3)4)30(40)27-25(12-11-22(32)28(27)33)43-26-15-34-17-35-29(26)37(5)23-13-21(14-24(23)39)36-31(41)42-16-20-9-7-6-8-10-20;1-9(2)23(10(3)4)17(24)14-12(6-5-11(19)15(14)20)25-13-7-21-8-22-16(13)18;1-15-12-7-11(8-13(12)17)16-14(18)19-9-10-5-3-2-4-6-10/h6-12,15,17-19,21,23-24,39H,13-14,16H2,1-5H3,(H,36,41);5-10H,1-4H3;2-6,11-13,15,17H,7-9H2,1H3,(H,16,18)/t21-,23+,24-;;11-,12+,13-/m1.1/s1. The Morgan fingerprint density at radius 1 is 0.586 bits per heavy atom. The second-order valence-electron chi connectivity index (χ2n) is 21.8. The van der Waals surface area contributed by atoms with Gasteiger partial charge in [-0.2, -0.15) is 0 Å². The smallest absolute Gasteiger partial charge is 0.407 e. The van der Waals surface area contributed by atoms with E-state index in [2.05, 4.69) is 35.9 Å². The molecule has 2 aliphatic carbocycles. The lowest BCUT2D eigenvalue weighted by Gasteiger charge is -2.32. The molecule has 2 aromatic heterocycles. The van der Waals surface area contributed by atoms with Crippen molar-refractivity contribution in [3.8, 4) is 23.0 Å². The second kappa shape index (κ2) is 32.0. The molecule has 6 aromatic rings. The molecule has 25 heteroatoms. The molecule has 468 valence electrons. The summed E-state index contributed by atoms with van der Waals surface area (Å²) >= 11 is 5.90. The summed E-state index contributed by atoms with van der Waals surface area (Å²) in [5, 5.41) is 29.2. The van der Waals surface area contributed by atoms with Crippen LogP contribution in [0.2, 0.25) is 5.15 Å². The Bertz CT molecular complexity index is 3230. The number of likely N-dealkylation sites (N-methyl/N-ethyl adjacent to an activating group) is 2. The van der Waals surface area contributed by atoms with Crippen LogP contribution in [0.5, 0.6) is 23.0 Å². The molecule has 4 amide bonds. The number of aliphatic hydroxyl groups is 2. The topological polar surface area (TPSA) is 243 Å². The Hall–Kier alpha value is -8.19. The van der Waals surface area contributed by atoms with E-state index in [1.165, 1.54) is 47.0 Å². The van der Waals surface area contributed by atoms with Crippen molar-refractivity contribution in [1.82, 2.24) is 45.7 Å². The maximum Gasteiger partial charge on any atom is 0.407 e. The van der Waals surface area contributed by atoms with Crippen LogP contribution >= 0.6 is 11.6 Å². The van der Waals surface area contributed by atoms with Crippen molar-refractivity contribution in [2.45, 2.75) is 155 Å². The lowest BCUT2D eigenvalue weighted by atomic mass is 10.1. The predicted octanol–water partition coefficient (Wildman–Crippen LogP) is 10.5. The highest BCUT2D eigenvalue weighted by Gasteiger charge is 2.39. The maximum absolute atomic E-state index is 15.1. The van der Waals surface area contributed by atoms with Crippen LogP contribution < -0.4 is 30.3 Å². The fourth-order valence-corrected chi connectivity index (χ4v) is 10.4. The zero-order valence-electron chi connectivity index (χ0n) is 50.1. The Kier molecular flexibility index (Phi) is 25.0. The molecule has 5 N–H and O–H groups in total. The van der Waals surface area contributed by atoms with Gasteiger partial charge in [0.2, 0.25) is 0 Å². The lowest BCUT2D eigenvalue weighted by Crippen LogP contribution is -2.42. The number of benzene rings is 4. The second-order valence-corrected chi connectivity index (χ2v) is 22.2. The van der Waals surface area contributed by atoms with E-state index in [-0.39, 0.29) is 95.9 Å². The molecular weight excluding hydrogens is 1160 g/mol. The molecule has 2 heterocycles. The molecular formula is C62H75ClF4N10O10. The van der Waals surface area contributed by atoms with E-state index in [9.17, 15) is 42.6 Å². The summed E-state index contributed by atoms with van der Waals surface area (Å²) in [5.41, 5.74) is 0.767. The Balaban J connectivity index is 0.000000231. The van der Waals surface area contributed by atoms with Gasteiger partial charge in [0, 0.05) is 49.3 Å². The monoisotopic (exact) mass is 1230 g/mol. The molecule has 87 heavy (non-hydrogen) atoms. The van der Waals surface area contributed by atoms with Crippen molar-refractivity contribution in [3.05, 3.63) is 161 Å². The minimum atomic E-state index is -1.32. The number of ether oxygens (including phenoxy) is 4. The molecule has 2 aliphatic rings. The summed E-state index contributed by atoms with van der Waals surface area (Å²) in [7, 11) is 3.50. The summed E-state index contributed by atoms with van der Waals surface area (Å²) in [5.74, 6) is -6.33. The van der Waals surface area contributed by atoms with Gasteiger partial charge in [-0.15, -0.1) is 0 Å². The molecule has 0 unspecified atom stereocenters. The zero-order chi connectivity index (χ0) is 63.6. The van der Waals surface area contributed by atoms with E-state index in [4.69, 9.17) is 30.5 Å². The molecule has 0 aliphatic heterocycles. The van der Waals surface area contributed by atoms with Crippen molar-refractivity contribution in [2.24, 2.45) is 0 Å². The number of halogens is 5. The summed E-state index contributed by atoms with van der Waals surface area (Å²) in [4.78, 5) is 70.7.